The molecule has 0 unspecified atom stereocenters. The molecule has 0 fully saturated rings. The van der Waals surface area contributed by atoms with Crippen molar-refractivity contribution in [2.45, 2.75) is 0 Å². The Morgan fingerprint density at radius 1 is 0.750 bits per heavy atom. The largest absolute Gasteiger partial charge is 0.497 e. The van der Waals surface area contributed by atoms with Crippen LogP contribution in [0, 0.1) is 0 Å². The van der Waals surface area contributed by atoms with Crippen LogP contribution in [0.4, 0.5) is 5.69 Å². The summed E-state index contributed by atoms with van der Waals surface area (Å²) >= 11 is 0. The van der Waals surface area contributed by atoms with Crippen LogP contribution in [-0.2, 0) is 0 Å². The Balaban J connectivity index is 1.45. The van der Waals surface area contributed by atoms with Gasteiger partial charge in [-0.2, -0.15) is 0 Å². The third-order valence-electron chi connectivity index (χ3n) is 4.69. The molecule has 0 saturated heterocycles. The number of hydrogen-bond donors (Lipinski definition) is 1. The number of ether oxygens (including phenoxy) is 3. The Morgan fingerprint density at radius 3 is 2.03 bits per heavy atom. The number of hydrogen-bond acceptors (Lipinski definition) is 6. The second-order valence-electron chi connectivity index (χ2n) is 6.80. The van der Waals surface area contributed by atoms with E-state index in [0.717, 1.165) is 17.1 Å². The van der Waals surface area contributed by atoms with E-state index < -0.39 is 0 Å². The van der Waals surface area contributed by atoms with E-state index in [2.05, 4.69) is 15.5 Å². The summed E-state index contributed by atoms with van der Waals surface area (Å²) in [6.07, 6.45) is 0. The minimum absolute atomic E-state index is 0.218. The number of amides is 1. The molecule has 0 radical (unpaired) electrons. The highest BCUT2D eigenvalue weighted by Crippen LogP contribution is 2.24. The molecule has 4 aromatic rings. The molecule has 7 heteroatoms. The van der Waals surface area contributed by atoms with Gasteiger partial charge in [-0.25, -0.2) is 0 Å². The zero-order chi connectivity index (χ0) is 22.3. The highest BCUT2D eigenvalue weighted by atomic mass is 16.5. The lowest BCUT2D eigenvalue weighted by Crippen LogP contribution is -2.11. The van der Waals surface area contributed by atoms with E-state index in [1.54, 1.807) is 87.0 Å². The number of anilines is 1. The van der Waals surface area contributed by atoms with Crippen molar-refractivity contribution in [1.29, 1.82) is 0 Å². The van der Waals surface area contributed by atoms with Gasteiger partial charge in [-0.1, -0.05) is 12.1 Å². The number of nitrogens with one attached hydrogen (secondary N) is 1. The van der Waals surface area contributed by atoms with Crippen LogP contribution in [0.5, 0.6) is 23.1 Å². The molecule has 7 nitrogen and oxygen atoms in total. The van der Waals surface area contributed by atoms with Gasteiger partial charge >= 0.3 is 0 Å². The van der Waals surface area contributed by atoms with Crippen molar-refractivity contribution in [3.05, 3.63) is 90.5 Å². The molecule has 0 aliphatic heterocycles. The van der Waals surface area contributed by atoms with Gasteiger partial charge < -0.3 is 19.5 Å². The monoisotopic (exact) mass is 427 g/mol. The van der Waals surface area contributed by atoms with Crippen molar-refractivity contribution in [2.75, 3.05) is 19.5 Å². The average molecular weight is 427 g/mol. The van der Waals surface area contributed by atoms with Crippen molar-refractivity contribution in [1.82, 2.24) is 10.2 Å². The van der Waals surface area contributed by atoms with Gasteiger partial charge in [-0.3, -0.25) is 4.79 Å². The standard InChI is InChI=1S/C25H21N3O4/c1-30-20-8-6-19(7-9-20)26-25(29)18-5-3-4-17(16-18)23-14-15-24(28-27-23)32-22-12-10-21(31-2)11-13-22/h3-16H,1-2H3,(H,26,29). The Hall–Kier alpha value is -4.39. The van der Waals surface area contributed by atoms with Gasteiger partial charge in [0.25, 0.3) is 5.91 Å². The molecule has 1 heterocycles. The topological polar surface area (TPSA) is 82.6 Å². The van der Waals surface area contributed by atoms with Gasteiger partial charge in [-0.15, -0.1) is 10.2 Å². The molecule has 0 spiro atoms. The van der Waals surface area contributed by atoms with Gasteiger partial charge in [-0.05, 0) is 66.7 Å². The van der Waals surface area contributed by atoms with Crippen LogP contribution in [0.25, 0.3) is 11.3 Å². The number of aromatic nitrogens is 2. The van der Waals surface area contributed by atoms with Crippen LogP contribution in [0.15, 0.2) is 84.9 Å². The van der Waals surface area contributed by atoms with Crippen molar-refractivity contribution in [2.24, 2.45) is 0 Å². The third-order valence-corrected chi connectivity index (χ3v) is 4.69. The molecule has 4 rings (SSSR count). The van der Waals surface area contributed by atoms with E-state index in [9.17, 15) is 4.79 Å². The molecular weight excluding hydrogens is 406 g/mol. The van der Waals surface area contributed by atoms with E-state index in [-0.39, 0.29) is 5.91 Å². The van der Waals surface area contributed by atoms with Gasteiger partial charge in [0.2, 0.25) is 5.88 Å². The molecule has 1 aromatic heterocycles. The van der Waals surface area contributed by atoms with E-state index in [1.165, 1.54) is 0 Å². The molecule has 0 aliphatic carbocycles. The van der Waals surface area contributed by atoms with Gasteiger partial charge in [0.05, 0.1) is 19.9 Å². The summed E-state index contributed by atoms with van der Waals surface area (Å²) in [6.45, 7) is 0. The Morgan fingerprint density at radius 2 is 1.41 bits per heavy atom. The van der Waals surface area contributed by atoms with Crippen LogP contribution in [0.3, 0.4) is 0 Å². The first-order valence-corrected chi connectivity index (χ1v) is 9.86. The van der Waals surface area contributed by atoms with Crippen molar-refractivity contribution < 1.29 is 19.0 Å². The van der Waals surface area contributed by atoms with Gasteiger partial charge in [0.1, 0.15) is 17.2 Å². The smallest absolute Gasteiger partial charge is 0.255 e. The maximum atomic E-state index is 12.6. The second-order valence-corrected chi connectivity index (χ2v) is 6.80. The van der Waals surface area contributed by atoms with Crippen LogP contribution < -0.4 is 19.5 Å². The molecule has 1 amide bonds. The molecule has 0 aliphatic rings. The molecule has 0 atom stereocenters. The number of rotatable bonds is 7. The van der Waals surface area contributed by atoms with E-state index in [0.29, 0.717) is 28.6 Å². The molecule has 0 saturated carbocycles. The van der Waals surface area contributed by atoms with Crippen LogP contribution in [0.1, 0.15) is 10.4 Å². The molecule has 160 valence electrons. The molecule has 1 N–H and O–H groups in total. The maximum absolute atomic E-state index is 12.6. The van der Waals surface area contributed by atoms with Crippen molar-refractivity contribution >= 4 is 11.6 Å². The summed E-state index contributed by atoms with van der Waals surface area (Å²) < 4.78 is 16.0. The minimum Gasteiger partial charge on any atom is -0.497 e. The fraction of sp³-hybridized carbons (Fsp3) is 0.0800. The summed E-state index contributed by atoms with van der Waals surface area (Å²) in [4.78, 5) is 12.6. The SMILES string of the molecule is COc1ccc(NC(=O)c2cccc(-c3ccc(Oc4ccc(OC)cc4)nn3)c2)cc1. The fourth-order valence-corrected chi connectivity index (χ4v) is 2.99. The summed E-state index contributed by atoms with van der Waals surface area (Å²) in [5.41, 5.74) is 2.60. The normalized spacial score (nSPS) is 10.3. The highest BCUT2D eigenvalue weighted by molar-refractivity contribution is 6.04. The number of carbonyl (C=O) groups is 1. The summed E-state index contributed by atoms with van der Waals surface area (Å²) in [6, 6.07) is 25.1. The lowest BCUT2D eigenvalue weighted by Gasteiger charge is -2.08. The van der Waals surface area contributed by atoms with Crippen LogP contribution >= 0.6 is 0 Å². The number of benzene rings is 3. The predicted octanol–water partition coefficient (Wildman–Crippen LogP) is 5.21. The van der Waals surface area contributed by atoms with Crippen LogP contribution in [-0.4, -0.2) is 30.3 Å². The zero-order valence-electron chi connectivity index (χ0n) is 17.6. The van der Waals surface area contributed by atoms with Gasteiger partial charge in [0.15, 0.2) is 0 Å². The first-order valence-electron chi connectivity index (χ1n) is 9.86. The first-order chi connectivity index (χ1) is 15.6. The van der Waals surface area contributed by atoms with Crippen molar-refractivity contribution in [3.63, 3.8) is 0 Å². The quantitative estimate of drug-likeness (QED) is 0.436. The summed E-state index contributed by atoms with van der Waals surface area (Å²) in [5.74, 6) is 2.25. The fourth-order valence-electron chi connectivity index (χ4n) is 2.99. The lowest BCUT2D eigenvalue weighted by molar-refractivity contribution is 0.102. The molecular formula is C25H21N3O4. The Labute approximate surface area is 185 Å². The van der Waals surface area contributed by atoms with Crippen molar-refractivity contribution in [3.8, 4) is 34.4 Å². The Bertz CT molecular complexity index is 1190. The average Bonchev–Trinajstić information content (AvgIpc) is 2.85. The summed E-state index contributed by atoms with van der Waals surface area (Å²) in [5, 5.41) is 11.2. The second kappa shape index (κ2) is 9.61. The van der Waals surface area contributed by atoms with E-state index in [4.69, 9.17) is 14.2 Å². The lowest BCUT2D eigenvalue weighted by atomic mass is 10.1. The van der Waals surface area contributed by atoms with E-state index >= 15 is 0 Å². The van der Waals surface area contributed by atoms with E-state index in [1.807, 2.05) is 12.1 Å². The van der Waals surface area contributed by atoms with Crippen LogP contribution in [0.2, 0.25) is 0 Å². The zero-order valence-corrected chi connectivity index (χ0v) is 17.6. The summed E-state index contributed by atoms with van der Waals surface area (Å²) in [7, 11) is 3.21. The minimum atomic E-state index is -0.218. The number of methoxy groups -OCH3 is 2. The maximum Gasteiger partial charge on any atom is 0.255 e. The predicted molar refractivity (Wildman–Crippen MR) is 121 cm³/mol. The Kier molecular flexibility index (Phi) is 6.27. The third kappa shape index (κ3) is 5.02. The number of nitrogens with zero attached hydrogens (tertiary/aromatic N) is 2. The number of carbonyl (C=O) groups excluding carboxylic acids is 1. The molecule has 32 heavy (non-hydrogen) atoms. The first kappa shape index (κ1) is 20.9. The highest BCUT2D eigenvalue weighted by Gasteiger charge is 2.10. The molecule has 0 bridgehead atoms. The van der Waals surface area contributed by atoms with Gasteiger partial charge in [0, 0.05) is 22.9 Å². The molecule has 3 aromatic carbocycles.